The van der Waals surface area contributed by atoms with Crippen LogP contribution in [0.15, 0.2) is 24.3 Å². The molecule has 1 aromatic rings. The molecule has 0 heterocycles. The molecular weight excluding hydrogens is 176 g/mol. The minimum absolute atomic E-state index is 0.345. The Bertz CT molecular complexity index is 286. The summed E-state index contributed by atoms with van der Waals surface area (Å²) in [5.74, 6) is 0. The van der Waals surface area contributed by atoms with Crippen LogP contribution in [-0.2, 0) is 0 Å². The van der Waals surface area contributed by atoms with Crippen LogP contribution in [0.25, 0.3) is 0 Å². The Labute approximate surface area is 81.4 Å². The zero-order chi connectivity index (χ0) is 10.1. The first-order valence-electron chi connectivity index (χ1n) is 4.70. The average Bonchev–Trinajstić information content (AvgIpc) is 2.03. The van der Waals surface area contributed by atoms with Gasteiger partial charge in [-0.05, 0) is 12.5 Å². The van der Waals surface area contributed by atoms with Crippen LogP contribution in [0.4, 0.5) is 0 Å². The summed E-state index contributed by atoms with van der Waals surface area (Å²) >= 11 is 0. The monoisotopic (exact) mass is 194 g/mol. The van der Waals surface area contributed by atoms with Crippen molar-refractivity contribution in [2.75, 3.05) is 0 Å². The molecule has 0 unspecified atom stereocenters. The maximum absolute atomic E-state index is 9.59. The van der Waals surface area contributed by atoms with Crippen LogP contribution in [0.1, 0.15) is 18.6 Å². The fraction of sp³-hybridized carbons (Fsp3) is 0.455. The van der Waals surface area contributed by atoms with Gasteiger partial charge in [-0.3, -0.25) is 0 Å². The van der Waals surface area contributed by atoms with Gasteiger partial charge in [0.1, 0.15) is 0 Å². The molecule has 0 bridgehead atoms. The van der Waals surface area contributed by atoms with E-state index >= 15 is 0 Å². The topological polar surface area (TPSA) is 20.2 Å². The molecule has 2 heteroatoms. The van der Waals surface area contributed by atoms with Crippen molar-refractivity contribution >= 4 is 13.3 Å². The predicted octanol–water partition coefficient (Wildman–Crippen LogP) is 2.29. The van der Waals surface area contributed by atoms with Gasteiger partial charge >= 0.3 is 0 Å². The van der Waals surface area contributed by atoms with Crippen LogP contribution in [-0.4, -0.2) is 13.2 Å². The van der Waals surface area contributed by atoms with Crippen molar-refractivity contribution in [2.45, 2.75) is 32.7 Å². The van der Waals surface area contributed by atoms with Crippen molar-refractivity contribution < 1.29 is 5.11 Å². The van der Waals surface area contributed by atoms with Crippen LogP contribution in [0.5, 0.6) is 0 Å². The van der Waals surface area contributed by atoms with Crippen LogP contribution < -0.4 is 5.19 Å². The molecule has 1 aromatic carbocycles. The molecule has 1 N–H and O–H groups in total. The SMILES string of the molecule is C[C@H](O)c1ccccc1[Si](C)(C)C. The highest BCUT2D eigenvalue weighted by Gasteiger charge is 2.20. The molecule has 0 saturated carbocycles. The van der Waals surface area contributed by atoms with Crippen molar-refractivity contribution in [2.24, 2.45) is 0 Å². The molecule has 0 aliphatic carbocycles. The predicted molar refractivity (Wildman–Crippen MR) is 60.1 cm³/mol. The van der Waals surface area contributed by atoms with E-state index < -0.39 is 8.07 Å². The molecule has 0 saturated heterocycles. The first-order chi connectivity index (χ1) is 5.93. The Morgan fingerprint density at radius 3 is 2.08 bits per heavy atom. The molecule has 0 fully saturated rings. The molecule has 0 amide bonds. The van der Waals surface area contributed by atoms with Crippen LogP contribution in [0.3, 0.4) is 0 Å². The lowest BCUT2D eigenvalue weighted by Crippen LogP contribution is -2.40. The summed E-state index contributed by atoms with van der Waals surface area (Å²) in [7, 11) is -1.30. The number of rotatable bonds is 2. The molecule has 72 valence electrons. The van der Waals surface area contributed by atoms with Crippen molar-refractivity contribution in [3.63, 3.8) is 0 Å². The lowest BCUT2D eigenvalue weighted by molar-refractivity contribution is 0.200. The number of aliphatic hydroxyl groups excluding tert-OH is 1. The van der Waals surface area contributed by atoms with E-state index in [-0.39, 0.29) is 6.10 Å². The van der Waals surface area contributed by atoms with Crippen molar-refractivity contribution in [3.8, 4) is 0 Å². The number of benzene rings is 1. The van der Waals surface area contributed by atoms with Gasteiger partial charge in [-0.2, -0.15) is 0 Å². The van der Waals surface area contributed by atoms with Crippen molar-refractivity contribution in [1.82, 2.24) is 0 Å². The van der Waals surface area contributed by atoms with Crippen molar-refractivity contribution in [3.05, 3.63) is 29.8 Å². The quantitative estimate of drug-likeness (QED) is 0.716. The van der Waals surface area contributed by atoms with E-state index in [9.17, 15) is 5.11 Å². The minimum atomic E-state index is -1.30. The van der Waals surface area contributed by atoms with E-state index in [0.29, 0.717) is 0 Å². The first-order valence-corrected chi connectivity index (χ1v) is 8.20. The standard InChI is InChI=1S/C11H18OSi/c1-9(12)10-7-5-6-8-11(10)13(2,3)4/h5-9,12H,1-4H3/t9-/m0/s1. The van der Waals surface area contributed by atoms with Gasteiger partial charge in [-0.1, -0.05) is 49.1 Å². The Hall–Kier alpha value is -0.603. The third-order valence-electron chi connectivity index (χ3n) is 2.22. The average molecular weight is 194 g/mol. The van der Waals surface area contributed by atoms with E-state index in [0.717, 1.165) is 5.56 Å². The lowest BCUT2D eigenvalue weighted by atomic mass is 10.1. The van der Waals surface area contributed by atoms with E-state index in [1.165, 1.54) is 5.19 Å². The summed E-state index contributed by atoms with van der Waals surface area (Å²) < 4.78 is 0. The van der Waals surface area contributed by atoms with Crippen LogP contribution in [0.2, 0.25) is 19.6 Å². The van der Waals surface area contributed by atoms with Crippen molar-refractivity contribution in [1.29, 1.82) is 0 Å². The molecule has 1 rings (SSSR count). The van der Waals surface area contributed by atoms with Gasteiger partial charge in [0.25, 0.3) is 0 Å². The minimum Gasteiger partial charge on any atom is -0.389 e. The second-order valence-electron chi connectivity index (χ2n) is 4.51. The van der Waals surface area contributed by atoms with Gasteiger partial charge < -0.3 is 5.11 Å². The maximum Gasteiger partial charge on any atom is 0.0780 e. The second kappa shape index (κ2) is 3.64. The largest absolute Gasteiger partial charge is 0.389 e. The fourth-order valence-electron chi connectivity index (χ4n) is 1.54. The zero-order valence-electron chi connectivity index (χ0n) is 8.83. The summed E-state index contributed by atoms with van der Waals surface area (Å²) in [5.41, 5.74) is 1.10. The second-order valence-corrected chi connectivity index (χ2v) is 9.55. The van der Waals surface area contributed by atoms with Crippen LogP contribution in [0, 0.1) is 0 Å². The third-order valence-corrected chi connectivity index (χ3v) is 4.29. The van der Waals surface area contributed by atoms with Gasteiger partial charge in [0.05, 0.1) is 14.2 Å². The van der Waals surface area contributed by atoms with Gasteiger partial charge in [-0.25, -0.2) is 0 Å². The molecule has 0 radical (unpaired) electrons. The number of hydrogen-bond donors (Lipinski definition) is 1. The maximum atomic E-state index is 9.59. The molecular formula is C11H18OSi. The highest BCUT2D eigenvalue weighted by molar-refractivity contribution is 6.89. The summed E-state index contributed by atoms with van der Waals surface area (Å²) in [6.45, 7) is 8.73. The molecule has 1 nitrogen and oxygen atoms in total. The Morgan fingerprint density at radius 1 is 1.15 bits per heavy atom. The highest BCUT2D eigenvalue weighted by Crippen LogP contribution is 2.13. The normalized spacial score (nSPS) is 14.2. The van der Waals surface area contributed by atoms with Crippen LogP contribution >= 0.6 is 0 Å². The van der Waals surface area contributed by atoms with E-state index in [1.807, 2.05) is 19.1 Å². The number of aliphatic hydroxyl groups is 1. The Kier molecular flexibility index (Phi) is 2.93. The summed E-state index contributed by atoms with van der Waals surface area (Å²) in [6, 6.07) is 8.22. The molecule has 0 aliphatic heterocycles. The summed E-state index contributed by atoms with van der Waals surface area (Å²) in [5, 5.41) is 11.0. The molecule has 0 aromatic heterocycles. The smallest absolute Gasteiger partial charge is 0.0780 e. The lowest BCUT2D eigenvalue weighted by Gasteiger charge is -2.22. The van der Waals surface area contributed by atoms with E-state index in [1.54, 1.807) is 0 Å². The summed E-state index contributed by atoms with van der Waals surface area (Å²) in [4.78, 5) is 0. The molecule has 0 aliphatic rings. The zero-order valence-corrected chi connectivity index (χ0v) is 9.83. The van der Waals surface area contributed by atoms with Gasteiger partial charge in [0.2, 0.25) is 0 Å². The van der Waals surface area contributed by atoms with E-state index in [4.69, 9.17) is 0 Å². The number of hydrogen-bond acceptors (Lipinski definition) is 1. The first kappa shape index (κ1) is 10.5. The third kappa shape index (κ3) is 2.42. The fourth-order valence-corrected chi connectivity index (χ4v) is 3.30. The summed E-state index contributed by atoms with van der Waals surface area (Å²) in [6.07, 6.45) is -0.345. The molecule has 13 heavy (non-hydrogen) atoms. The highest BCUT2D eigenvalue weighted by atomic mass is 28.3. The van der Waals surface area contributed by atoms with Gasteiger partial charge in [0, 0.05) is 0 Å². The molecule has 1 atom stereocenters. The Morgan fingerprint density at radius 2 is 1.69 bits per heavy atom. The van der Waals surface area contributed by atoms with E-state index in [2.05, 4.69) is 31.8 Å². The Balaban J connectivity index is 3.20. The van der Waals surface area contributed by atoms with Gasteiger partial charge in [-0.15, -0.1) is 0 Å². The van der Waals surface area contributed by atoms with Gasteiger partial charge in [0.15, 0.2) is 0 Å². The molecule has 0 spiro atoms.